The van der Waals surface area contributed by atoms with E-state index in [1.54, 1.807) is 12.0 Å². The average Bonchev–Trinajstić information content (AvgIpc) is 3.41. The molecule has 0 radical (unpaired) electrons. The van der Waals surface area contributed by atoms with E-state index in [-0.39, 0.29) is 5.91 Å². The summed E-state index contributed by atoms with van der Waals surface area (Å²) >= 11 is 6.21. The van der Waals surface area contributed by atoms with Gasteiger partial charge >= 0.3 is 6.09 Å². The minimum atomic E-state index is -0.618. The Morgan fingerprint density at radius 3 is 2.38 bits per heavy atom. The molecular formula is C35H42ClN5O6. The normalized spacial score (nSPS) is 14.1. The number of fused-ring (bicyclic) bond motifs is 1. The maximum absolute atomic E-state index is 13.2. The van der Waals surface area contributed by atoms with E-state index in [1.807, 2.05) is 99.7 Å². The van der Waals surface area contributed by atoms with E-state index in [1.165, 1.54) is 0 Å². The third-order valence-corrected chi connectivity index (χ3v) is 7.51. The molecule has 0 spiro atoms. The van der Waals surface area contributed by atoms with Crippen LogP contribution in [0.5, 0.6) is 5.75 Å². The number of carbonyl (C=O) groups is 4. The maximum Gasteiger partial charge on any atom is 0.410 e. The molecule has 0 bridgehead atoms. The first-order valence-electron chi connectivity index (χ1n) is 15.1. The van der Waals surface area contributed by atoms with Crippen LogP contribution in [0.1, 0.15) is 51.2 Å². The molecule has 1 aliphatic heterocycles. The number of ether oxygens (including phenoxy) is 2. The number of likely N-dealkylation sites (tertiary alicyclic amines) is 1. The monoisotopic (exact) mass is 663 g/mol. The number of amides is 2. The Bertz CT molecular complexity index is 1650. The summed E-state index contributed by atoms with van der Waals surface area (Å²) < 4.78 is 13.2. The van der Waals surface area contributed by atoms with Crippen molar-refractivity contribution < 1.29 is 28.7 Å². The van der Waals surface area contributed by atoms with Crippen LogP contribution in [0.3, 0.4) is 0 Å². The summed E-state index contributed by atoms with van der Waals surface area (Å²) in [6, 6.07) is 20.9. The Labute approximate surface area is 280 Å². The number of nitrogens with zero attached hydrogens (tertiary/aromatic N) is 3. The first kappa shape index (κ1) is 36.6. The first-order valence-corrected chi connectivity index (χ1v) is 15.5. The van der Waals surface area contributed by atoms with Crippen molar-refractivity contribution in [2.75, 3.05) is 19.0 Å². The van der Waals surface area contributed by atoms with Gasteiger partial charge in [0.1, 0.15) is 31.0 Å². The van der Waals surface area contributed by atoms with Crippen molar-refractivity contribution in [3.8, 4) is 5.75 Å². The zero-order valence-electron chi connectivity index (χ0n) is 27.3. The lowest BCUT2D eigenvalue weighted by molar-refractivity contribution is -0.127. The summed E-state index contributed by atoms with van der Waals surface area (Å²) in [5.74, 6) is 1.21. The van der Waals surface area contributed by atoms with Crippen LogP contribution in [-0.4, -0.2) is 65.6 Å². The Hall–Kier alpha value is -4.90. The predicted octanol–water partition coefficient (Wildman–Crippen LogP) is 6.53. The van der Waals surface area contributed by atoms with Crippen LogP contribution in [0.25, 0.3) is 10.9 Å². The van der Waals surface area contributed by atoms with E-state index < -0.39 is 17.7 Å². The Kier molecular flexibility index (Phi) is 13.3. The lowest BCUT2D eigenvalue weighted by Gasteiger charge is -2.35. The maximum atomic E-state index is 13.2. The van der Waals surface area contributed by atoms with Crippen molar-refractivity contribution >= 4 is 59.6 Å². The van der Waals surface area contributed by atoms with E-state index in [4.69, 9.17) is 35.8 Å². The Morgan fingerprint density at radius 2 is 1.68 bits per heavy atom. The first-order chi connectivity index (χ1) is 22.6. The highest BCUT2D eigenvalue weighted by Gasteiger charge is 2.34. The lowest BCUT2D eigenvalue weighted by atomic mass is 10.0. The highest BCUT2D eigenvalue weighted by molar-refractivity contribution is 6.30. The molecule has 1 saturated heterocycles. The number of carbonyl (C=O) groups excluding carboxylic acids is 4. The van der Waals surface area contributed by atoms with E-state index >= 15 is 0 Å². The fourth-order valence-corrected chi connectivity index (χ4v) is 5.53. The third-order valence-electron chi connectivity index (χ3n) is 7.27. The molecule has 250 valence electrons. The summed E-state index contributed by atoms with van der Waals surface area (Å²) in [6.07, 6.45) is 1.92. The largest absolute Gasteiger partial charge is 0.496 e. The van der Waals surface area contributed by atoms with Crippen LogP contribution in [-0.2, 0) is 32.2 Å². The number of aromatic nitrogens is 2. The van der Waals surface area contributed by atoms with Crippen molar-refractivity contribution in [3.05, 3.63) is 82.9 Å². The topological polar surface area (TPSA) is 132 Å². The fraction of sp³-hybridized carbons (Fsp3) is 0.343. The van der Waals surface area contributed by atoms with Gasteiger partial charge in [0.2, 0.25) is 5.91 Å². The molecule has 1 aliphatic rings. The van der Waals surface area contributed by atoms with Crippen LogP contribution in [0.2, 0.25) is 5.02 Å². The Balaban J connectivity index is 0.00000144. The van der Waals surface area contributed by atoms with Gasteiger partial charge in [-0.25, -0.2) is 4.79 Å². The summed E-state index contributed by atoms with van der Waals surface area (Å²) in [5, 5.41) is 12.8. The highest BCUT2D eigenvalue weighted by Crippen LogP contribution is 2.34. The molecule has 4 aromatic rings. The highest BCUT2D eigenvalue weighted by atomic mass is 35.5. The van der Waals surface area contributed by atoms with Gasteiger partial charge < -0.3 is 29.7 Å². The number of hydrogen-bond acceptors (Lipinski definition) is 8. The molecule has 0 unspecified atom stereocenters. The number of halogens is 1. The molecular weight excluding hydrogens is 622 g/mol. The Morgan fingerprint density at radius 1 is 0.979 bits per heavy atom. The molecule has 3 aromatic carbocycles. The third kappa shape index (κ3) is 9.79. The number of anilines is 2. The molecule has 12 heteroatoms. The minimum Gasteiger partial charge on any atom is -0.496 e. The van der Waals surface area contributed by atoms with Gasteiger partial charge in [0.25, 0.3) is 0 Å². The van der Waals surface area contributed by atoms with Crippen LogP contribution in [0.15, 0.2) is 66.7 Å². The molecule has 47 heavy (non-hydrogen) atoms. The van der Waals surface area contributed by atoms with Gasteiger partial charge in [0, 0.05) is 23.8 Å². The molecule has 1 atom stereocenters. The molecule has 0 saturated carbocycles. The fourth-order valence-electron chi connectivity index (χ4n) is 5.34. The van der Waals surface area contributed by atoms with Crippen molar-refractivity contribution in [2.24, 2.45) is 0 Å². The molecule has 11 nitrogen and oxygen atoms in total. The van der Waals surface area contributed by atoms with Crippen LogP contribution < -0.4 is 15.4 Å². The van der Waals surface area contributed by atoms with Crippen LogP contribution in [0, 0.1) is 0 Å². The number of nitrogens with one attached hydrogen (secondary N) is 2. The van der Waals surface area contributed by atoms with Gasteiger partial charge in [-0.2, -0.15) is 5.10 Å². The van der Waals surface area contributed by atoms with Gasteiger partial charge in [-0.15, -0.1) is 0 Å². The molecule has 1 fully saturated rings. The van der Waals surface area contributed by atoms with Crippen molar-refractivity contribution in [1.29, 1.82) is 0 Å². The van der Waals surface area contributed by atoms with Gasteiger partial charge in [-0.05, 0) is 81.5 Å². The number of benzene rings is 3. The van der Waals surface area contributed by atoms with Crippen molar-refractivity contribution in [1.82, 2.24) is 20.0 Å². The molecule has 2 heterocycles. The van der Waals surface area contributed by atoms with Gasteiger partial charge in [0.15, 0.2) is 5.82 Å². The molecule has 2 amide bonds. The second-order valence-electron chi connectivity index (χ2n) is 11.7. The summed E-state index contributed by atoms with van der Waals surface area (Å²) in [4.78, 5) is 43.5. The second kappa shape index (κ2) is 17.1. The number of rotatable bonds is 8. The number of piperidine rings is 1. The van der Waals surface area contributed by atoms with Crippen LogP contribution >= 0.6 is 11.6 Å². The zero-order valence-corrected chi connectivity index (χ0v) is 28.0. The summed E-state index contributed by atoms with van der Waals surface area (Å²) in [5.41, 5.74) is 3.11. The van der Waals surface area contributed by atoms with Gasteiger partial charge in [-0.1, -0.05) is 48.0 Å². The van der Waals surface area contributed by atoms with Crippen molar-refractivity contribution in [2.45, 2.75) is 64.8 Å². The smallest absolute Gasteiger partial charge is 0.410 e. The SMILES string of the molecule is C=O.C=O.COc1cccc2c1c(Nc1cccc(Cl)c1)nn2Cc1cccc(CNC(=O)[C@@H]2CCCCN2C(=O)OC(C)(C)C)c1. The van der Waals surface area contributed by atoms with Gasteiger partial charge in [0.05, 0.1) is 24.6 Å². The summed E-state index contributed by atoms with van der Waals surface area (Å²) in [6.45, 7) is 10.9. The standard InChI is InChI=1S/C33H38ClN5O4.2CH2O/c1-33(2,3)43-32(41)38-17-6-5-14-27(38)31(40)35-20-22-10-7-11-23(18-22)21-39-26-15-9-16-28(42-4)29(26)30(37-39)36-25-13-8-12-24(34)19-25;2*1-2/h7-13,15-16,18-19,27H,5-6,14,17,20-21H2,1-4H3,(H,35,40)(H,36,37);2*1H2/t27-;;/m0../s1. The second-order valence-corrected chi connectivity index (χ2v) is 12.2. The molecule has 1 aromatic heterocycles. The predicted molar refractivity (Wildman–Crippen MR) is 183 cm³/mol. The van der Waals surface area contributed by atoms with Crippen molar-refractivity contribution in [3.63, 3.8) is 0 Å². The average molecular weight is 664 g/mol. The quantitative estimate of drug-likeness (QED) is 0.218. The molecule has 0 aliphatic carbocycles. The number of methoxy groups -OCH3 is 1. The van der Waals surface area contributed by atoms with E-state index in [2.05, 4.69) is 16.7 Å². The van der Waals surface area contributed by atoms with Crippen LogP contribution in [0.4, 0.5) is 16.3 Å². The van der Waals surface area contributed by atoms with Gasteiger partial charge in [-0.3, -0.25) is 14.4 Å². The van der Waals surface area contributed by atoms with E-state index in [9.17, 15) is 9.59 Å². The summed E-state index contributed by atoms with van der Waals surface area (Å²) in [7, 11) is 1.65. The van der Waals surface area contributed by atoms with E-state index in [0.29, 0.717) is 42.6 Å². The number of hydrogen-bond donors (Lipinski definition) is 2. The van der Waals surface area contributed by atoms with E-state index in [0.717, 1.165) is 40.6 Å². The lowest BCUT2D eigenvalue weighted by Crippen LogP contribution is -2.52. The molecule has 5 rings (SSSR count). The molecule has 2 N–H and O–H groups in total. The zero-order chi connectivity index (χ0) is 34.6. The minimum absolute atomic E-state index is 0.169.